The van der Waals surface area contributed by atoms with Gasteiger partial charge in [0.05, 0.1) is 38.7 Å². The molecule has 0 radical (unpaired) electrons. The third-order valence-corrected chi connectivity index (χ3v) is 5.04. The number of amides is 1. The highest BCUT2D eigenvalue weighted by Crippen LogP contribution is 2.15. The molecule has 6 heteroatoms. The van der Waals surface area contributed by atoms with Crippen LogP contribution in [0.1, 0.15) is 22.8 Å². The molecule has 0 unspecified atom stereocenters. The molecule has 1 aliphatic heterocycles. The smallest absolute Gasteiger partial charge is 0.279 e. The number of nitrogens with zero attached hydrogens (tertiary/aromatic N) is 2. The lowest BCUT2D eigenvalue weighted by Gasteiger charge is -2.33. The van der Waals surface area contributed by atoms with E-state index in [4.69, 9.17) is 5.26 Å². The summed E-state index contributed by atoms with van der Waals surface area (Å²) in [4.78, 5) is 27.3. The zero-order valence-corrected chi connectivity index (χ0v) is 16.1. The molecule has 0 aromatic heterocycles. The van der Waals surface area contributed by atoms with Gasteiger partial charge in [-0.1, -0.05) is 12.1 Å². The molecule has 2 N–H and O–H groups in total. The van der Waals surface area contributed by atoms with Gasteiger partial charge >= 0.3 is 0 Å². The minimum Gasteiger partial charge on any atom is -0.360 e. The van der Waals surface area contributed by atoms with Gasteiger partial charge in [-0.05, 0) is 48.9 Å². The van der Waals surface area contributed by atoms with Crippen LogP contribution in [0.4, 0.5) is 11.4 Å². The Morgan fingerprint density at radius 2 is 1.71 bits per heavy atom. The van der Waals surface area contributed by atoms with Crippen molar-refractivity contribution in [3.63, 3.8) is 0 Å². The normalized spacial score (nSPS) is 14.4. The van der Waals surface area contributed by atoms with Crippen molar-refractivity contribution < 1.29 is 14.5 Å². The third kappa shape index (κ3) is 5.18. The molecule has 2 aromatic rings. The molecule has 0 saturated carbocycles. The molecule has 144 valence electrons. The topological polar surface area (TPSA) is 77.6 Å². The van der Waals surface area contributed by atoms with Crippen molar-refractivity contribution in [2.45, 2.75) is 13.3 Å². The van der Waals surface area contributed by atoms with Gasteiger partial charge in [-0.15, -0.1) is 0 Å². The number of hydrogen-bond donors (Lipinski definition) is 2. The number of nitrogens with one attached hydrogen (secondary N) is 2. The van der Waals surface area contributed by atoms with Crippen molar-refractivity contribution in [3.8, 4) is 6.07 Å². The molecule has 6 nitrogen and oxygen atoms in total. The first-order valence-electron chi connectivity index (χ1n) is 9.50. The van der Waals surface area contributed by atoms with E-state index in [1.54, 1.807) is 6.92 Å². The van der Waals surface area contributed by atoms with Gasteiger partial charge in [0.25, 0.3) is 5.91 Å². The zero-order valence-electron chi connectivity index (χ0n) is 16.1. The Morgan fingerprint density at radius 3 is 2.29 bits per heavy atom. The van der Waals surface area contributed by atoms with Crippen molar-refractivity contribution in [2.24, 2.45) is 0 Å². The first kappa shape index (κ1) is 19.6. The number of carbonyl (C=O) groups excluding carboxylic acids is 2. The Morgan fingerprint density at radius 1 is 1.07 bits per heavy atom. The van der Waals surface area contributed by atoms with Crippen LogP contribution in [0.25, 0.3) is 0 Å². The quantitative estimate of drug-likeness (QED) is 0.744. The Labute approximate surface area is 165 Å². The molecule has 0 aliphatic carbocycles. The maximum atomic E-state index is 12.3. The fourth-order valence-electron chi connectivity index (χ4n) is 3.39. The van der Waals surface area contributed by atoms with Crippen LogP contribution in [0.5, 0.6) is 0 Å². The monoisotopic (exact) mass is 377 g/mol. The van der Waals surface area contributed by atoms with Gasteiger partial charge in [0.15, 0.2) is 12.3 Å². The van der Waals surface area contributed by atoms with Crippen LogP contribution in [-0.4, -0.2) is 44.4 Å². The van der Waals surface area contributed by atoms with E-state index in [1.165, 1.54) is 4.90 Å². The minimum absolute atomic E-state index is 0.00212. The van der Waals surface area contributed by atoms with Crippen molar-refractivity contribution in [2.75, 3.05) is 42.9 Å². The minimum atomic E-state index is 0.00212. The molecule has 28 heavy (non-hydrogen) atoms. The Bertz CT molecular complexity index is 861. The number of nitriles is 1. The number of rotatable bonds is 6. The Hall–Kier alpha value is -3.17. The lowest BCUT2D eigenvalue weighted by atomic mass is 10.1. The molecular formula is C22H25N4O2+. The van der Waals surface area contributed by atoms with E-state index in [1.807, 2.05) is 48.5 Å². The second kappa shape index (κ2) is 9.16. The van der Waals surface area contributed by atoms with Crippen molar-refractivity contribution in [3.05, 3.63) is 59.7 Å². The van der Waals surface area contributed by atoms with Gasteiger partial charge in [0, 0.05) is 16.9 Å². The predicted octanol–water partition coefficient (Wildman–Crippen LogP) is 1.30. The maximum absolute atomic E-state index is 12.3. The average molecular weight is 377 g/mol. The number of piperazine rings is 1. The Balaban J connectivity index is 1.46. The first-order chi connectivity index (χ1) is 13.5. The summed E-state index contributed by atoms with van der Waals surface area (Å²) in [5.41, 5.74) is 3.55. The molecular weight excluding hydrogens is 352 g/mol. The molecule has 1 aliphatic rings. The molecule has 0 bridgehead atoms. The highest BCUT2D eigenvalue weighted by atomic mass is 16.2. The maximum Gasteiger partial charge on any atom is 0.279 e. The van der Waals surface area contributed by atoms with E-state index < -0.39 is 0 Å². The average Bonchev–Trinajstić information content (AvgIpc) is 2.70. The van der Waals surface area contributed by atoms with Crippen molar-refractivity contribution in [1.29, 1.82) is 5.26 Å². The molecule has 3 rings (SSSR count). The van der Waals surface area contributed by atoms with Gasteiger partial charge in [-0.2, -0.15) is 5.26 Å². The van der Waals surface area contributed by atoms with Crippen LogP contribution in [-0.2, 0) is 11.2 Å². The fraction of sp³-hybridized carbons (Fsp3) is 0.318. The summed E-state index contributed by atoms with van der Waals surface area (Å²) < 4.78 is 0. The van der Waals surface area contributed by atoms with Gasteiger partial charge in [-0.25, -0.2) is 0 Å². The highest BCUT2D eigenvalue weighted by Gasteiger charge is 2.22. The van der Waals surface area contributed by atoms with Crippen LogP contribution in [0.3, 0.4) is 0 Å². The van der Waals surface area contributed by atoms with E-state index in [9.17, 15) is 9.59 Å². The van der Waals surface area contributed by atoms with E-state index >= 15 is 0 Å². The van der Waals surface area contributed by atoms with Crippen LogP contribution < -0.4 is 15.1 Å². The van der Waals surface area contributed by atoms with E-state index in [0.29, 0.717) is 13.0 Å². The first-order valence-corrected chi connectivity index (χ1v) is 9.50. The second-order valence-electron chi connectivity index (χ2n) is 7.10. The summed E-state index contributed by atoms with van der Waals surface area (Å²) in [5, 5.41) is 11.6. The summed E-state index contributed by atoms with van der Waals surface area (Å²) in [5.74, 6) is 0.0776. The van der Waals surface area contributed by atoms with Crippen LogP contribution in [0.15, 0.2) is 48.5 Å². The molecule has 0 atom stereocenters. The Kier molecular flexibility index (Phi) is 6.41. The highest BCUT2D eigenvalue weighted by molar-refractivity contribution is 5.94. The van der Waals surface area contributed by atoms with Gasteiger partial charge in [0.2, 0.25) is 0 Å². The number of benzene rings is 2. The zero-order chi connectivity index (χ0) is 19.9. The summed E-state index contributed by atoms with van der Waals surface area (Å²) in [7, 11) is 0. The molecule has 1 saturated heterocycles. The van der Waals surface area contributed by atoms with E-state index in [2.05, 4.69) is 16.3 Å². The lowest BCUT2D eigenvalue weighted by molar-refractivity contribution is -0.892. The number of hydrogen-bond acceptors (Lipinski definition) is 4. The van der Waals surface area contributed by atoms with Crippen molar-refractivity contribution >= 4 is 23.1 Å². The van der Waals surface area contributed by atoms with E-state index in [-0.39, 0.29) is 11.7 Å². The van der Waals surface area contributed by atoms with Crippen molar-refractivity contribution in [1.82, 2.24) is 0 Å². The van der Waals surface area contributed by atoms with Crippen LogP contribution >= 0.6 is 0 Å². The SMILES string of the molecule is CC(=O)c1ccc(N2CC[NH+](CC(=O)Nc3ccc(CC#N)cc3)CC2)cc1. The number of Topliss-reactive ketones (excluding diaryl/α,β-unsaturated/α-hetero) is 1. The fourth-order valence-corrected chi connectivity index (χ4v) is 3.39. The number of carbonyl (C=O) groups is 2. The molecule has 1 heterocycles. The van der Waals surface area contributed by atoms with Gasteiger partial charge < -0.3 is 15.1 Å². The van der Waals surface area contributed by atoms with E-state index in [0.717, 1.165) is 48.7 Å². The molecule has 1 fully saturated rings. The summed E-state index contributed by atoms with van der Waals surface area (Å²) in [6.07, 6.45) is 0.375. The standard InChI is InChI=1S/C22H24N4O2/c1-17(27)19-4-8-21(9-5-19)26-14-12-25(13-15-26)16-22(28)24-20-6-2-18(3-7-20)10-11-23/h2-9H,10,12-16H2,1H3,(H,24,28)/p+1. The van der Waals surface area contributed by atoms with Gasteiger partial charge in [-0.3, -0.25) is 9.59 Å². The van der Waals surface area contributed by atoms with Crippen LogP contribution in [0, 0.1) is 11.3 Å². The lowest BCUT2D eigenvalue weighted by Crippen LogP contribution is -3.15. The molecule has 2 aromatic carbocycles. The number of ketones is 1. The number of quaternary nitrogens is 1. The van der Waals surface area contributed by atoms with Gasteiger partial charge in [0.1, 0.15) is 0 Å². The van der Waals surface area contributed by atoms with Crippen LogP contribution in [0.2, 0.25) is 0 Å². The predicted molar refractivity (Wildman–Crippen MR) is 109 cm³/mol. The summed E-state index contributed by atoms with van der Waals surface area (Å²) >= 11 is 0. The summed E-state index contributed by atoms with van der Waals surface area (Å²) in [6.45, 7) is 5.56. The molecule has 1 amide bonds. The molecule has 0 spiro atoms. The summed E-state index contributed by atoms with van der Waals surface area (Å²) in [6, 6.07) is 17.2. The third-order valence-electron chi connectivity index (χ3n) is 5.04. The largest absolute Gasteiger partial charge is 0.360 e. The second-order valence-corrected chi connectivity index (χ2v) is 7.10. The number of anilines is 2.